The van der Waals surface area contributed by atoms with Gasteiger partial charge in [-0.05, 0) is 56.3 Å². The van der Waals surface area contributed by atoms with Crippen LogP contribution in [0.2, 0.25) is 0 Å². The minimum atomic E-state index is -0.127. The van der Waals surface area contributed by atoms with Gasteiger partial charge in [-0.15, -0.1) is 0 Å². The van der Waals surface area contributed by atoms with Crippen LogP contribution in [0.4, 0.5) is 0 Å². The number of amides is 1. The van der Waals surface area contributed by atoms with Gasteiger partial charge in [0.15, 0.2) is 0 Å². The lowest BCUT2D eigenvalue weighted by Gasteiger charge is -2.44. The summed E-state index contributed by atoms with van der Waals surface area (Å²) in [5.41, 5.74) is 1.53. The van der Waals surface area contributed by atoms with Gasteiger partial charge in [-0.25, -0.2) is 4.68 Å². The van der Waals surface area contributed by atoms with Crippen LogP contribution in [0.5, 0.6) is 0 Å². The Hall–Kier alpha value is -2.99. The van der Waals surface area contributed by atoms with Gasteiger partial charge < -0.3 is 10.2 Å². The van der Waals surface area contributed by atoms with Crippen molar-refractivity contribution >= 4 is 16.7 Å². The van der Waals surface area contributed by atoms with Gasteiger partial charge in [-0.1, -0.05) is 55.0 Å². The van der Waals surface area contributed by atoms with Crippen LogP contribution in [0.15, 0.2) is 59.4 Å². The van der Waals surface area contributed by atoms with E-state index in [1.807, 2.05) is 54.6 Å². The van der Waals surface area contributed by atoms with Crippen molar-refractivity contribution in [2.24, 2.45) is 5.92 Å². The molecule has 1 N–H and O–H groups in total. The first-order valence-electron chi connectivity index (χ1n) is 12.2. The topological polar surface area (TPSA) is 67.2 Å². The zero-order valence-corrected chi connectivity index (χ0v) is 19.1. The van der Waals surface area contributed by atoms with Crippen LogP contribution in [0, 0.1) is 5.92 Å². The zero-order valence-electron chi connectivity index (χ0n) is 19.1. The molecule has 2 aliphatic heterocycles. The first kappa shape index (κ1) is 21.8. The lowest BCUT2D eigenvalue weighted by Crippen LogP contribution is -2.51. The third-order valence-corrected chi connectivity index (χ3v) is 7.24. The summed E-state index contributed by atoms with van der Waals surface area (Å²) in [7, 11) is 0. The average Bonchev–Trinajstić information content (AvgIpc) is 2.86. The lowest BCUT2D eigenvalue weighted by molar-refractivity contribution is -0.120. The molecule has 0 saturated carbocycles. The molecule has 6 heteroatoms. The summed E-state index contributed by atoms with van der Waals surface area (Å²) < 4.78 is 1.49. The second kappa shape index (κ2) is 9.87. The van der Waals surface area contributed by atoms with Crippen molar-refractivity contribution in [2.75, 3.05) is 19.6 Å². The van der Waals surface area contributed by atoms with E-state index in [4.69, 9.17) is 0 Å². The third kappa shape index (κ3) is 4.86. The molecule has 3 heterocycles. The molecule has 0 radical (unpaired) electrons. The molecule has 5 rings (SSSR count). The number of carbonyl (C=O) groups is 1. The summed E-state index contributed by atoms with van der Waals surface area (Å²) in [6.45, 7) is 3.52. The minimum Gasteiger partial charge on any atom is -0.355 e. The Morgan fingerprint density at radius 3 is 2.55 bits per heavy atom. The lowest BCUT2D eigenvalue weighted by atomic mass is 9.83. The molecule has 0 spiro atoms. The van der Waals surface area contributed by atoms with E-state index in [-0.39, 0.29) is 17.9 Å². The summed E-state index contributed by atoms with van der Waals surface area (Å²) in [6, 6.07) is 17.9. The molecule has 33 heavy (non-hydrogen) atoms. The Morgan fingerprint density at radius 1 is 0.939 bits per heavy atom. The molecule has 172 valence electrons. The van der Waals surface area contributed by atoms with Gasteiger partial charge in [-0.3, -0.25) is 9.59 Å². The van der Waals surface area contributed by atoms with E-state index in [2.05, 4.69) is 15.3 Å². The monoisotopic (exact) mass is 444 g/mol. The molecule has 6 nitrogen and oxygen atoms in total. The number of benzene rings is 2. The van der Waals surface area contributed by atoms with E-state index >= 15 is 0 Å². The van der Waals surface area contributed by atoms with Crippen LogP contribution in [0.3, 0.4) is 0 Å². The Kier molecular flexibility index (Phi) is 6.53. The van der Waals surface area contributed by atoms with E-state index in [9.17, 15) is 9.59 Å². The van der Waals surface area contributed by atoms with Crippen molar-refractivity contribution < 1.29 is 4.79 Å². The van der Waals surface area contributed by atoms with Crippen LogP contribution < -0.4 is 10.9 Å². The quantitative estimate of drug-likeness (QED) is 0.633. The summed E-state index contributed by atoms with van der Waals surface area (Å²) in [5, 5.41) is 9.19. The maximum atomic E-state index is 13.0. The molecule has 2 fully saturated rings. The summed E-state index contributed by atoms with van der Waals surface area (Å²) in [5.74, 6) is 0.505. The summed E-state index contributed by atoms with van der Waals surface area (Å²) >= 11 is 0. The molecule has 2 saturated heterocycles. The number of hydrogen-bond donors (Lipinski definition) is 1. The van der Waals surface area contributed by atoms with Crippen LogP contribution in [-0.2, 0) is 17.8 Å². The highest BCUT2D eigenvalue weighted by Gasteiger charge is 2.33. The number of aromatic nitrogens is 2. The van der Waals surface area contributed by atoms with Crippen LogP contribution in [-0.4, -0.2) is 46.3 Å². The normalized spacial score (nSPS) is 21.0. The van der Waals surface area contributed by atoms with Crippen LogP contribution in [0.1, 0.15) is 43.4 Å². The Labute approximate surface area is 194 Å². The van der Waals surface area contributed by atoms with E-state index in [1.54, 1.807) is 0 Å². The summed E-state index contributed by atoms with van der Waals surface area (Å²) in [4.78, 5) is 28.6. The van der Waals surface area contributed by atoms with Gasteiger partial charge in [0.25, 0.3) is 5.56 Å². The van der Waals surface area contributed by atoms with Crippen molar-refractivity contribution in [3.8, 4) is 0 Å². The maximum absolute atomic E-state index is 13.0. The molecule has 2 atom stereocenters. The number of fused-ring (bicyclic) bond motifs is 2. The highest BCUT2D eigenvalue weighted by molar-refractivity contribution is 5.88. The van der Waals surface area contributed by atoms with E-state index in [0.29, 0.717) is 29.6 Å². The fourth-order valence-corrected chi connectivity index (χ4v) is 5.57. The second-order valence-corrected chi connectivity index (χ2v) is 9.42. The maximum Gasteiger partial charge on any atom is 0.274 e. The highest BCUT2D eigenvalue weighted by atomic mass is 16.1. The van der Waals surface area contributed by atoms with E-state index < -0.39 is 0 Å². The fourth-order valence-electron chi connectivity index (χ4n) is 5.57. The van der Waals surface area contributed by atoms with Crippen molar-refractivity contribution in [3.05, 3.63) is 76.2 Å². The summed E-state index contributed by atoms with van der Waals surface area (Å²) in [6.07, 6.45) is 6.42. The number of nitrogens with zero attached hydrogens (tertiary/aromatic N) is 3. The number of piperidine rings is 2. The van der Waals surface area contributed by atoms with Gasteiger partial charge in [-0.2, -0.15) is 5.10 Å². The molecule has 0 aliphatic carbocycles. The van der Waals surface area contributed by atoms with Gasteiger partial charge in [0.2, 0.25) is 5.91 Å². The predicted molar refractivity (Wildman–Crippen MR) is 130 cm³/mol. The van der Waals surface area contributed by atoms with Crippen molar-refractivity contribution in [2.45, 2.75) is 51.1 Å². The Bertz CT molecular complexity index is 1170. The Morgan fingerprint density at radius 2 is 1.70 bits per heavy atom. The zero-order chi connectivity index (χ0) is 22.6. The molecular formula is C27H32N4O2. The van der Waals surface area contributed by atoms with Crippen LogP contribution >= 0.6 is 0 Å². The second-order valence-electron chi connectivity index (χ2n) is 9.42. The molecule has 0 bridgehead atoms. The van der Waals surface area contributed by atoms with Gasteiger partial charge in [0.05, 0.1) is 24.0 Å². The third-order valence-electron chi connectivity index (χ3n) is 7.24. The molecule has 0 unspecified atom stereocenters. The molecular weight excluding hydrogens is 412 g/mol. The van der Waals surface area contributed by atoms with Crippen molar-refractivity contribution in [1.82, 2.24) is 20.0 Å². The van der Waals surface area contributed by atoms with Gasteiger partial charge >= 0.3 is 0 Å². The van der Waals surface area contributed by atoms with E-state index in [1.165, 1.54) is 49.9 Å². The minimum absolute atomic E-state index is 0.0227. The largest absolute Gasteiger partial charge is 0.355 e. The predicted octanol–water partition coefficient (Wildman–Crippen LogP) is 3.37. The number of rotatable bonds is 6. The first-order valence-corrected chi connectivity index (χ1v) is 12.2. The molecule has 2 aliphatic rings. The standard InChI is InChI=1S/C27H32N4O2/c32-26(28-18-21-11-8-16-30-15-7-6-14-25(21)30)17-24-22-12-4-5-13-23(22)27(33)31(29-24)19-20-9-2-1-3-10-20/h1-5,9-10,12-13,21,25H,6-8,11,14-19H2,(H,28,32)/t21-,25+/m0/s1. The van der Waals surface area contributed by atoms with Crippen LogP contribution in [0.25, 0.3) is 10.8 Å². The van der Waals surface area contributed by atoms with Crippen molar-refractivity contribution in [3.63, 3.8) is 0 Å². The van der Waals surface area contributed by atoms with Crippen molar-refractivity contribution in [1.29, 1.82) is 0 Å². The number of carbonyl (C=O) groups excluding carboxylic acids is 1. The highest BCUT2D eigenvalue weighted by Crippen LogP contribution is 2.30. The SMILES string of the molecule is O=C(Cc1nn(Cc2ccccc2)c(=O)c2ccccc12)NC[C@@H]1CCCN2CCCC[C@H]12. The average molecular weight is 445 g/mol. The smallest absolute Gasteiger partial charge is 0.274 e. The number of hydrogen-bond acceptors (Lipinski definition) is 4. The van der Waals surface area contributed by atoms with Gasteiger partial charge in [0.1, 0.15) is 0 Å². The molecule has 2 aromatic carbocycles. The molecule has 3 aromatic rings. The van der Waals surface area contributed by atoms with Gasteiger partial charge in [0, 0.05) is 18.0 Å². The molecule has 1 aromatic heterocycles. The molecule has 1 amide bonds. The Balaban J connectivity index is 1.33. The fraction of sp³-hybridized carbons (Fsp3) is 0.444. The number of nitrogens with one attached hydrogen (secondary N) is 1. The first-order chi connectivity index (χ1) is 16.2. The van der Waals surface area contributed by atoms with E-state index in [0.717, 1.165) is 17.5 Å².